The largest absolute Gasteiger partial charge is 0.462 e. The van der Waals surface area contributed by atoms with Crippen molar-refractivity contribution in [3.63, 3.8) is 0 Å². The summed E-state index contributed by atoms with van der Waals surface area (Å²) in [6.45, 7) is 5.84. The van der Waals surface area contributed by atoms with Gasteiger partial charge >= 0.3 is 5.97 Å². The van der Waals surface area contributed by atoms with Crippen LogP contribution in [-0.4, -0.2) is 43.8 Å². The fourth-order valence-corrected chi connectivity index (χ4v) is 5.03. The number of hydrogen-bond donors (Lipinski definition) is 1. The van der Waals surface area contributed by atoms with Gasteiger partial charge in [0.25, 0.3) is 5.78 Å². The first-order valence-corrected chi connectivity index (χ1v) is 11.8. The number of nitrogens with one attached hydrogen (secondary N) is 1. The summed E-state index contributed by atoms with van der Waals surface area (Å²) < 4.78 is 7.06. The van der Waals surface area contributed by atoms with Gasteiger partial charge in [-0.2, -0.15) is 0 Å². The number of nitrogens with zero attached hydrogens (tertiary/aromatic N) is 4. The molecule has 0 aliphatic heterocycles. The van der Waals surface area contributed by atoms with Crippen LogP contribution in [0.1, 0.15) is 28.7 Å². The van der Waals surface area contributed by atoms with Crippen LogP contribution in [0.25, 0.3) is 16.9 Å². The number of rotatable bonds is 7. The molecule has 0 unspecified atom stereocenters. The molecular weight excluding hydrogens is 446 g/mol. The van der Waals surface area contributed by atoms with Crippen molar-refractivity contribution in [1.82, 2.24) is 19.6 Å². The molecule has 1 N–H and O–H groups in total. The van der Waals surface area contributed by atoms with Crippen molar-refractivity contribution in [1.29, 1.82) is 0 Å². The number of aromatic nitrogens is 4. The smallest absolute Gasteiger partial charge is 0.341 e. The molecule has 3 heterocycles. The van der Waals surface area contributed by atoms with E-state index in [0.29, 0.717) is 21.5 Å². The van der Waals surface area contributed by atoms with Crippen LogP contribution in [-0.2, 0) is 9.53 Å². The van der Waals surface area contributed by atoms with Crippen LogP contribution < -0.4 is 5.32 Å². The minimum Gasteiger partial charge on any atom is -0.462 e. The van der Waals surface area contributed by atoms with E-state index < -0.39 is 5.97 Å². The number of thioether (sulfide) groups is 1. The molecule has 0 spiro atoms. The Morgan fingerprint density at radius 2 is 1.97 bits per heavy atom. The lowest BCUT2D eigenvalue weighted by Gasteiger charge is -2.09. The Labute approximate surface area is 193 Å². The van der Waals surface area contributed by atoms with Gasteiger partial charge in [0.15, 0.2) is 5.16 Å². The molecule has 3 aromatic heterocycles. The van der Waals surface area contributed by atoms with Crippen molar-refractivity contribution >= 4 is 45.8 Å². The molecule has 4 aromatic rings. The van der Waals surface area contributed by atoms with Gasteiger partial charge in [-0.15, -0.1) is 21.5 Å². The molecule has 0 fully saturated rings. The molecule has 1 amide bonds. The van der Waals surface area contributed by atoms with Crippen LogP contribution >= 0.6 is 23.1 Å². The second-order valence-electron chi connectivity index (χ2n) is 6.93. The SMILES string of the molecule is CCOC(=O)c1c(-c2ccccc2)csc1NC(=O)CSc1nnc2nc(C)cc(C)n12. The molecule has 0 aliphatic rings. The van der Waals surface area contributed by atoms with E-state index in [9.17, 15) is 9.59 Å². The number of thiophene rings is 1. The number of ether oxygens (including phenoxy) is 1. The summed E-state index contributed by atoms with van der Waals surface area (Å²) in [6.07, 6.45) is 0. The number of amides is 1. The van der Waals surface area contributed by atoms with E-state index in [0.717, 1.165) is 22.5 Å². The summed E-state index contributed by atoms with van der Waals surface area (Å²) in [7, 11) is 0. The van der Waals surface area contributed by atoms with Crippen LogP contribution in [0.15, 0.2) is 46.9 Å². The summed E-state index contributed by atoms with van der Waals surface area (Å²) in [6, 6.07) is 11.5. The Hall–Kier alpha value is -3.24. The third kappa shape index (κ3) is 4.51. The van der Waals surface area contributed by atoms with Crippen molar-refractivity contribution < 1.29 is 14.3 Å². The Kier molecular flexibility index (Phi) is 6.52. The summed E-state index contributed by atoms with van der Waals surface area (Å²) in [5, 5.41) is 14.0. The maximum Gasteiger partial charge on any atom is 0.341 e. The van der Waals surface area contributed by atoms with E-state index >= 15 is 0 Å². The van der Waals surface area contributed by atoms with E-state index in [1.165, 1.54) is 23.1 Å². The first-order valence-electron chi connectivity index (χ1n) is 9.94. The maximum atomic E-state index is 12.7. The third-order valence-corrected chi connectivity index (χ3v) is 6.43. The molecule has 0 radical (unpaired) electrons. The topological polar surface area (TPSA) is 98.5 Å². The number of carbonyl (C=O) groups is 2. The lowest BCUT2D eigenvalue weighted by Crippen LogP contribution is -2.16. The normalized spacial score (nSPS) is 11.0. The van der Waals surface area contributed by atoms with Crippen LogP contribution in [0, 0.1) is 13.8 Å². The van der Waals surface area contributed by atoms with Gasteiger partial charge in [-0.1, -0.05) is 42.1 Å². The fraction of sp³-hybridized carbons (Fsp3) is 0.227. The number of benzene rings is 1. The predicted octanol–water partition coefficient (Wildman–Crippen LogP) is 4.38. The number of aryl methyl sites for hydroxylation is 2. The summed E-state index contributed by atoms with van der Waals surface area (Å²) in [4.78, 5) is 29.7. The molecule has 0 bridgehead atoms. The van der Waals surface area contributed by atoms with Gasteiger partial charge in [0.05, 0.1) is 12.4 Å². The molecule has 0 saturated carbocycles. The van der Waals surface area contributed by atoms with Crippen LogP contribution in [0.2, 0.25) is 0 Å². The highest BCUT2D eigenvalue weighted by molar-refractivity contribution is 7.99. The second-order valence-corrected chi connectivity index (χ2v) is 8.76. The van der Waals surface area contributed by atoms with Gasteiger partial charge in [0, 0.05) is 22.3 Å². The number of hydrogen-bond acceptors (Lipinski definition) is 8. The van der Waals surface area contributed by atoms with Gasteiger partial charge in [-0.05, 0) is 32.4 Å². The summed E-state index contributed by atoms with van der Waals surface area (Å²) in [5.41, 5.74) is 3.78. The molecule has 164 valence electrons. The molecule has 4 rings (SSSR count). The number of fused-ring (bicyclic) bond motifs is 1. The number of esters is 1. The highest BCUT2D eigenvalue weighted by atomic mass is 32.2. The van der Waals surface area contributed by atoms with Crippen molar-refractivity contribution in [2.24, 2.45) is 0 Å². The van der Waals surface area contributed by atoms with Crippen molar-refractivity contribution in [3.05, 3.63) is 58.7 Å². The zero-order valence-corrected chi connectivity index (χ0v) is 19.4. The Balaban J connectivity index is 1.53. The second kappa shape index (κ2) is 9.49. The molecule has 0 saturated heterocycles. The zero-order chi connectivity index (χ0) is 22.7. The van der Waals surface area contributed by atoms with E-state index in [1.54, 1.807) is 6.92 Å². The van der Waals surface area contributed by atoms with Crippen LogP contribution in [0.5, 0.6) is 0 Å². The van der Waals surface area contributed by atoms with E-state index in [-0.39, 0.29) is 18.3 Å². The standard InChI is InChI=1S/C22H21N5O3S2/c1-4-30-20(29)18-16(15-8-6-5-7-9-15)11-31-19(18)24-17(28)12-32-22-26-25-21-23-13(2)10-14(3)27(21)22/h5-11H,4,12H2,1-3H3,(H,24,28). The maximum absolute atomic E-state index is 12.7. The van der Waals surface area contributed by atoms with Crippen molar-refractivity contribution in [2.45, 2.75) is 25.9 Å². The van der Waals surface area contributed by atoms with Crippen LogP contribution in [0.3, 0.4) is 0 Å². The Morgan fingerprint density at radius 1 is 1.19 bits per heavy atom. The lowest BCUT2D eigenvalue weighted by atomic mass is 10.0. The quantitative estimate of drug-likeness (QED) is 0.318. The molecule has 0 atom stereocenters. The lowest BCUT2D eigenvalue weighted by molar-refractivity contribution is -0.113. The van der Waals surface area contributed by atoms with E-state index in [4.69, 9.17) is 4.74 Å². The molecule has 1 aromatic carbocycles. The number of anilines is 1. The molecular formula is C22H21N5O3S2. The van der Waals surface area contributed by atoms with Crippen molar-refractivity contribution in [2.75, 3.05) is 17.7 Å². The first-order chi connectivity index (χ1) is 15.5. The Bertz CT molecular complexity index is 1280. The van der Waals surface area contributed by atoms with Gasteiger partial charge < -0.3 is 10.1 Å². The van der Waals surface area contributed by atoms with Crippen molar-refractivity contribution in [3.8, 4) is 11.1 Å². The molecule has 32 heavy (non-hydrogen) atoms. The predicted molar refractivity (Wildman–Crippen MR) is 125 cm³/mol. The number of carbonyl (C=O) groups excluding carboxylic acids is 2. The minimum atomic E-state index is -0.462. The fourth-order valence-electron chi connectivity index (χ4n) is 3.27. The van der Waals surface area contributed by atoms with E-state index in [2.05, 4.69) is 20.5 Å². The summed E-state index contributed by atoms with van der Waals surface area (Å²) >= 11 is 2.56. The van der Waals surface area contributed by atoms with Gasteiger partial charge in [0.1, 0.15) is 10.6 Å². The minimum absolute atomic E-state index is 0.106. The zero-order valence-electron chi connectivity index (χ0n) is 17.8. The van der Waals surface area contributed by atoms with Crippen LogP contribution in [0.4, 0.5) is 5.00 Å². The average Bonchev–Trinajstić information content (AvgIpc) is 3.37. The third-order valence-electron chi connectivity index (χ3n) is 4.60. The molecule has 8 nitrogen and oxygen atoms in total. The van der Waals surface area contributed by atoms with E-state index in [1.807, 2.05) is 60.0 Å². The summed E-state index contributed by atoms with van der Waals surface area (Å²) in [5.74, 6) is -0.108. The van der Waals surface area contributed by atoms with Gasteiger partial charge in [-0.25, -0.2) is 9.78 Å². The van der Waals surface area contributed by atoms with Gasteiger partial charge in [-0.3, -0.25) is 9.20 Å². The average molecular weight is 468 g/mol. The van der Waals surface area contributed by atoms with Gasteiger partial charge in [0.2, 0.25) is 5.91 Å². The highest BCUT2D eigenvalue weighted by Crippen LogP contribution is 2.36. The first kappa shape index (κ1) is 22.0. The highest BCUT2D eigenvalue weighted by Gasteiger charge is 2.23. The molecule has 0 aliphatic carbocycles. The monoisotopic (exact) mass is 467 g/mol. The Morgan fingerprint density at radius 3 is 2.72 bits per heavy atom. The molecule has 10 heteroatoms.